The van der Waals surface area contributed by atoms with E-state index in [-0.39, 0.29) is 17.1 Å². The summed E-state index contributed by atoms with van der Waals surface area (Å²) in [6.07, 6.45) is 2.00. The van der Waals surface area contributed by atoms with Crippen LogP contribution in [0.25, 0.3) is 0 Å². The number of carbonyl (C=O) groups excluding carboxylic acids is 1. The molecule has 3 rings (SSSR count). The van der Waals surface area contributed by atoms with E-state index < -0.39 is 10.0 Å². The molecule has 1 saturated heterocycles. The van der Waals surface area contributed by atoms with Gasteiger partial charge < -0.3 is 4.90 Å². The summed E-state index contributed by atoms with van der Waals surface area (Å²) in [6.45, 7) is 3.19. The minimum absolute atomic E-state index is 0.107. The molecule has 5 nitrogen and oxygen atoms in total. The Bertz CT molecular complexity index is 660. The van der Waals surface area contributed by atoms with E-state index >= 15 is 0 Å². The van der Waals surface area contributed by atoms with Gasteiger partial charge >= 0.3 is 0 Å². The van der Waals surface area contributed by atoms with Crippen molar-refractivity contribution < 1.29 is 13.2 Å². The Morgan fingerprint density at radius 3 is 2.55 bits per heavy atom. The van der Waals surface area contributed by atoms with Crippen LogP contribution in [0.1, 0.15) is 34.9 Å². The van der Waals surface area contributed by atoms with E-state index in [2.05, 4.69) is 23.8 Å². The Balaban J connectivity index is 1.55. The second-order valence-corrected chi connectivity index (χ2v) is 9.66. The third-order valence-electron chi connectivity index (χ3n) is 4.71. The van der Waals surface area contributed by atoms with Crippen LogP contribution < -0.4 is 4.72 Å². The highest BCUT2D eigenvalue weighted by atomic mass is 32.2. The third-order valence-corrected chi connectivity index (χ3v) is 7.76. The summed E-state index contributed by atoms with van der Waals surface area (Å²) in [5.74, 6) is 0.692. The van der Waals surface area contributed by atoms with Gasteiger partial charge in [0, 0.05) is 34.7 Å². The molecule has 2 heterocycles. The average Bonchev–Trinajstić information content (AvgIpc) is 3.21. The molecular formula is C15H22N2O3S2. The van der Waals surface area contributed by atoms with E-state index in [0.717, 1.165) is 6.42 Å². The Hall–Kier alpha value is -0.920. The summed E-state index contributed by atoms with van der Waals surface area (Å²) >= 11 is 1.77. The molecule has 1 N–H and O–H groups in total. The topological polar surface area (TPSA) is 66.5 Å². The fourth-order valence-electron chi connectivity index (χ4n) is 3.22. The molecule has 1 aromatic heterocycles. The fourth-order valence-corrected chi connectivity index (χ4v) is 5.44. The number of amides is 1. The van der Waals surface area contributed by atoms with Crippen LogP contribution in [0, 0.1) is 12.8 Å². The molecule has 2 atom stereocenters. The lowest BCUT2D eigenvalue weighted by molar-refractivity contribution is -0.133. The molecule has 1 amide bonds. The highest BCUT2D eigenvalue weighted by molar-refractivity contribution is 7.90. The molecule has 0 aromatic carbocycles. The van der Waals surface area contributed by atoms with E-state index in [0.29, 0.717) is 31.8 Å². The first kappa shape index (κ1) is 16.0. The highest BCUT2D eigenvalue weighted by Crippen LogP contribution is 2.50. The van der Waals surface area contributed by atoms with Crippen LogP contribution >= 0.6 is 11.3 Å². The summed E-state index contributed by atoms with van der Waals surface area (Å²) in [6, 6.07) is 4.23. The van der Waals surface area contributed by atoms with Gasteiger partial charge in [0.25, 0.3) is 0 Å². The number of carbonyl (C=O) groups is 1. The van der Waals surface area contributed by atoms with Crippen molar-refractivity contribution in [2.24, 2.45) is 5.92 Å². The predicted molar refractivity (Wildman–Crippen MR) is 87.5 cm³/mol. The molecule has 1 aromatic rings. The maximum Gasteiger partial charge on any atom is 0.226 e. The first-order valence-electron chi connectivity index (χ1n) is 7.70. The van der Waals surface area contributed by atoms with Gasteiger partial charge in [0.1, 0.15) is 0 Å². The average molecular weight is 342 g/mol. The largest absolute Gasteiger partial charge is 0.342 e. The van der Waals surface area contributed by atoms with Crippen LogP contribution in [0.3, 0.4) is 0 Å². The van der Waals surface area contributed by atoms with E-state index in [1.807, 2.05) is 4.90 Å². The normalized spacial score (nSPS) is 26.2. The number of nitrogens with one attached hydrogen (secondary N) is 1. The number of nitrogens with zero attached hydrogens (tertiary/aromatic N) is 1. The van der Waals surface area contributed by atoms with Crippen molar-refractivity contribution >= 4 is 27.3 Å². The molecule has 0 unspecified atom stereocenters. The summed E-state index contributed by atoms with van der Waals surface area (Å²) < 4.78 is 26.0. The Morgan fingerprint density at radius 2 is 2.00 bits per heavy atom. The van der Waals surface area contributed by atoms with E-state index in [1.54, 1.807) is 11.3 Å². The van der Waals surface area contributed by atoms with Gasteiger partial charge in [0.2, 0.25) is 15.9 Å². The lowest BCUT2D eigenvalue weighted by Crippen LogP contribution is -2.45. The number of thiophene rings is 1. The van der Waals surface area contributed by atoms with Gasteiger partial charge in [-0.1, -0.05) is 0 Å². The molecule has 0 radical (unpaired) electrons. The van der Waals surface area contributed by atoms with Gasteiger partial charge in [-0.15, -0.1) is 11.3 Å². The molecular weight excluding hydrogens is 320 g/mol. The number of aryl methyl sites for hydroxylation is 1. The Kier molecular flexibility index (Phi) is 4.31. The van der Waals surface area contributed by atoms with Crippen molar-refractivity contribution in [1.82, 2.24) is 9.62 Å². The molecule has 7 heteroatoms. The van der Waals surface area contributed by atoms with Gasteiger partial charge in [-0.25, -0.2) is 13.1 Å². The molecule has 2 fully saturated rings. The third kappa shape index (κ3) is 3.07. The molecule has 1 aliphatic heterocycles. The van der Waals surface area contributed by atoms with Crippen LogP contribution in [0.5, 0.6) is 0 Å². The Morgan fingerprint density at radius 1 is 1.32 bits per heavy atom. The van der Waals surface area contributed by atoms with Crippen molar-refractivity contribution in [3.8, 4) is 0 Å². The molecule has 22 heavy (non-hydrogen) atoms. The summed E-state index contributed by atoms with van der Waals surface area (Å²) in [5, 5.41) is -0.364. The minimum Gasteiger partial charge on any atom is -0.342 e. The SMILES string of the molecule is CNS(=O)(=O)C1CCN(C(=O)[C@H]2C[C@@H]2c2ccc(C)s2)CC1. The molecule has 1 saturated carbocycles. The molecule has 0 spiro atoms. The summed E-state index contributed by atoms with van der Waals surface area (Å²) in [7, 11) is -1.76. The molecule has 2 aliphatic rings. The van der Waals surface area contributed by atoms with Gasteiger partial charge in [-0.05, 0) is 45.4 Å². The predicted octanol–water partition coefficient (Wildman–Crippen LogP) is 1.70. The van der Waals surface area contributed by atoms with Gasteiger partial charge in [-0.3, -0.25) is 4.79 Å². The Labute approximate surface area is 135 Å². The van der Waals surface area contributed by atoms with Crippen molar-refractivity contribution in [2.45, 2.75) is 37.4 Å². The zero-order valence-corrected chi connectivity index (χ0v) is 14.5. The number of hydrogen-bond acceptors (Lipinski definition) is 4. The zero-order chi connectivity index (χ0) is 15.9. The van der Waals surface area contributed by atoms with Gasteiger partial charge in [0.05, 0.1) is 5.25 Å². The monoisotopic (exact) mass is 342 g/mol. The molecule has 122 valence electrons. The molecule has 0 bridgehead atoms. The van der Waals surface area contributed by atoms with Crippen LogP contribution in [0.4, 0.5) is 0 Å². The van der Waals surface area contributed by atoms with Crippen molar-refractivity contribution in [2.75, 3.05) is 20.1 Å². The number of rotatable bonds is 4. The number of hydrogen-bond donors (Lipinski definition) is 1. The van der Waals surface area contributed by atoms with Crippen LogP contribution in [-0.2, 0) is 14.8 Å². The minimum atomic E-state index is -3.21. The maximum absolute atomic E-state index is 12.5. The fraction of sp³-hybridized carbons (Fsp3) is 0.667. The lowest BCUT2D eigenvalue weighted by Gasteiger charge is -2.31. The number of sulfonamides is 1. The standard InChI is InChI=1S/C15H22N2O3S2/c1-10-3-4-14(21-10)12-9-13(12)15(18)17-7-5-11(6-8-17)22(19,20)16-2/h3-4,11-13,16H,5-9H2,1-2H3/t12-,13-/m0/s1. The van der Waals surface area contributed by atoms with Crippen LogP contribution in [0.2, 0.25) is 0 Å². The first-order chi connectivity index (χ1) is 10.4. The summed E-state index contributed by atoms with van der Waals surface area (Å²) in [5.41, 5.74) is 0. The van der Waals surface area contributed by atoms with Gasteiger partial charge in [-0.2, -0.15) is 0 Å². The molecule has 1 aliphatic carbocycles. The second-order valence-electron chi connectivity index (χ2n) is 6.17. The van der Waals surface area contributed by atoms with Crippen molar-refractivity contribution in [3.05, 3.63) is 21.9 Å². The van der Waals surface area contributed by atoms with Gasteiger partial charge in [0.15, 0.2) is 0 Å². The number of piperidine rings is 1. The van der Waals surface area contributed by atoms with Crippen LogP contribution in [-0.4, -0.2) is 44.6 Å². The highest BCUT2D eigenvalue weighted by Gasteiger charge is 2.47. The van der Waals surface area contributed by atoms with Crippen molar-refractivity contribution in [3.63, 3.8) is 0 Å². The smallest absolute Gasteiger partial charge is 0.226 e. The van der Waals surface area contributed by atoms with E-state index in [1.165, 1.54) is 16.8 Å². The maximum atomic E-state index is 12.5. The summed E-state index contributed by atoms with van der Waals surface area (Å²) in [4.78, 5) is 17.0. The van der Waals surface area contributed by atoms with E-state index in [9.17, 15) is 13.2 Å². The zero-order valence-electron chi connectivity index (χ0n) is 12.9. The number of likely N-dealkylation sites (tertiary alicyclic amines) is 1. The second kappa shape index (κ2) is 5.94. The van der Waals surface area contributed by atoms with E-state index in [4.69, 9.17) is 0 Å². The van der Waals surface area contributed by atoms with Crippen molar-refractivity contribution in [1.29, 1.82) is 0 Å². The van der Waals surface area contributed by atoms with Crippen LogP contribution in [0.15, 0.2) is 12.1 Å². The lowest BCUT2D eigenvalue weighted by atomic mass is 10.1. The first-order valence-corrected chi connectivity index (χ1v) is 10.1. The quantitative estimate of drug-likeness (QED) is 0.906.